The molecule has 7 heteroatoms. The molecular formula is C24H24N2O5. The largest absolute Gasteiger partial charge is 0.480 e. The second kappa shape index (κ2) is 8.63. The lowest BCUT2D eigenvalue weighted by Gasteiger charge is -2.39. The number of amides is 2. The summed E-state index contributed by atoms with van der Waals surface area (Å²) >= 11 is 0. The Bertz CT molecular complexity index is 989. The number of alkyl carbamates (subject to hydrolysis) is 1. The van der Waals surface area contributed by atoms with Crippen molar-refractivity contribution >= 4 is 18.0 Å². The highest BCUT2D eigenvalue weighted by molar-refractivity contribution is 5.90. The zero-order valence-corrected chi connectivity index (χ0v) is 17.0. The first-order valence-electron chi connectivity index (χ1n) is 10.3. The van der Waals surface area contributed by atoms with Gasteiger partial charge in [-0.25, -0.2) is 9.59 Å². The number of hydrogen-bond acceptors (Lipinski definition) is 4. The first-order valence-corrected chi connectivity index (χ1v) is 10.3. The topological polar surface area (TPSA) is 95.9 Å². The molecule has 0 aromatic heterocycles. The van der Waals surface area contributed by atoms with E-state index in [1.165, 1.54) is 11.0 Å². The van der Waals surface area contributed by atoms with Crippen molar-refractivity contribution in [1.29, 1.82) is 0 Å². The van der Waals surface area contributed by atoms with E-state index < -0.39 is 30.1 Å². The number of nitrogens with zero attached hydrogens (tertiary/aromatic N) is 1. The molecule has 2 atom stereocenters. The minimum atomic E-state index is -1.04. The van der Waals surface area contributed by atoms with Gasteiger partial charge in [0.15, 0.2) is 0 Å². The molecule has 1 saturated heterocycles. The number of ether oxygens (including phenoxy) is 1. The van der Waals surface area contributed by atoms with E-state index in [2.05, 4.69) is 24.0 Å². The van der Waals surface area contributed by atoms with Crippen LogP contribution < -0.4 is 5.32 Å². The number of rotatable bonds is 7. The van der Waals surface area contributed by atoms with Gasteiger partial charge in [0, 0.05) is 12.5 Å². The van der Waals surface area contributed by atoms with Crippen LogP contribution in [0, 0.1) is 0 Å². The summed E-state index contributed by atoms with van der Waals surface area (Å²) in [5, 5.41) is 11.8. The Hall–Kier alpha value is -3.61. The van der Waals surface area contributed by atoms with Gasteiger partial charge in [0.25, 0.3) is 0 Å². The summed E-state index contributed by atoms with van der Waals surface area (Å²) < 4.78 is 5.50. The average Bonchev–Trinajstić information content (AvgIpc) is 3.04. The van der Waals surface area contributed by atoms with E-state index in [1.54, 1.807) is 0 Å². The molecule has 1 aliphatic carbocycles. The zero-order valence-electron chi connectivity index (χ0n) is 17.0. The van der Waals surface area contributed by atoms with Crippen molar-refractivity contribution < 1.29 is 24.2 Å². The van der Waals surface area contributed by atoms with Crippen LogP contribution in [0.25, 0.3) is 11.1 Å². The Morgan fingerprint density at radius 1 is 1.13 bits per heavy atom. The third-order valence-corrected chi connectivity index (χ3v) is 5.92. The van der Waals surface area contributed by atoms with Crippen molar-refractivity contribution in [3.8, 4) is 11.1 Å². The Morgan fingerprint density at radius 2 is 1.74 bits per heavy atom. The third-order valence-electron chi connectivity index (χ3n) is 5.92. The van der Waals surface area contributed by atoms with Crippen molar-refractivity contribution in [3.63, 3.8) is 0 Å². The smallest absolute Gasteiger partial charge is 0.407 e. The van der Waals surface area contributed by atoms with Crippen molar-refractivity contribution in [1.82, 2.24) is 10.2 Å². The van der Waals surface area contributed by atoms with Crippen molar-refractivity contribution in [2.24, 2.45) is 0 Å². The maximum Gasteiger partial charge on any atom is 0.407 e. The van der Waals surface area contributed by atoms with E-state index in [0.29, 0.717) is 13.0 Å². The maximum absolute atomic E-state index is 12.7. The molecular weight excluding hydrogens is 396 g/mol. The summed E-state index contributed by atoms with van der Waals surface area (Å²) in [6.07, 6.45) is 1.40. The molecule has 2 unspecified atom stereocenters. The number of carboxylic acid groups (broad SMARTS) is 1. The van der Waals surface area contributed by atoms with Crippen LogP contribution >= 0.6 is 0 Å². The van der Waals surface area contributed by atoms with E-state index in [1.807, 2.05) is 36.4 Å². The predicted octanol–water partition coefficient (Wildman–Crippen LogP) is 3.16. The van der Waals surface area contributed by atoms with E-state index in [-0.39, 0.29) is 18.9 Å². The summed E-state index contributed by atoms with van der Waals surface area (Å²) in [7, 11) is 0. The van der Waals surface area contributed by atoms with Gasteiger partial charge in [0.1, 0.15) is 18.7 Å². The highest BCUT2D eigenvalue weighted by Gasteiger charge is 2.40. The molecule has 2 amide bonds. The fraction of sp³-hybridized carbons (Fsp3) is 0.292. The Kier molecular flexibility index (Phi) is 5.75. The van der Waals surface area contributed by atoms with Gasteiger partial charge in [-0.05, 0) is 35.1 Å². The summed E-state index contributed by atoms with van der Waals surface area (Å²) in [6.45, 7) is 4.12. The molecule has 0 saturated carbocycles. The molecule has 2 aliphatic rings. The molecule has 31 heavy (non-hydrogen) atoms. The number of carbonyl (C=O) groups excluding carboxylic acids is 2. The molecule has 2 aromatic carbocycles. The monoisotopic (exact) mass is 420 g/mol. The highest BCUT2D eigenvalue weighted by Crippen LogP contribution is 2.44. The molecule has 4 rings (SSSR count). The molecule has 1 heterocycles. The minimum Gasteiger partial charge on any atom is -0.480 e. The van der Waals surface area contributed by atoms with Crippen molar-refractivity contribution in [2.75, 3.05) is 13.2 Å². The van der Waals surface area contributed by atoms with Crippen LogP contribution in [-0.4, -0.2) is 53.2 Å². The van der Waals surface area contributed by atoms with Crippen LogP contribution in [0.5, 0.6) is 0 Å². The van der Waals surface area contributed by atoms with Crippen LogP contribution in [-0.2, 0) is 14.3 Å². The van der Waals surface area contributed by atoms with Crippen molar-refractivity contribution in [3.05, 3.63) is 72.3 Å². The third kappa shape index (κ3) is 3.91. The van der Waals surface area contributed by atoms with Crippen LogP contribution in [0.3, 0.4) is 0 Å². The van der Waals surface area contributed by atoms with Gasteiger partial charge in [0.05, 0.1) is 0 Å². The Morgan fingerprint density at radius 3 is 2.26 bits per heavy atom. The van der Waals surface area contributed by atoms with E-state index in [4.69, 9.17) is 4.74 Å². The van der Waals surface area contributed by atoms with Gasteiger partial charge in [-0.15, -0.1) is 6.58 Å². The average molecular weight is 420 g/mol. The second-order valence-electron chi connectivity index (χ2n) is 7.72. The summed E-state index contributed by atoms with van der Waals surface area (Å²) in [6, 6.07) is 14.3. The normalized spacial score (nSPS) is 17.7. The fourth-order valence-electron chi connectivity index (χ4n) is 4.28. The maximum atomic E-state index is 12.7. The van der Waals surface area contributed by atoms with Crippen LogP contribution in [0.4, 0.5) is 4.79 Å². The number of carboxylic acids is 1. The SMILES string of the molecule is C=CCC(NC(=O)OCC1c2ccccc2-c2ccccc21)C(=O)N1CCC1C(=O)O. The zero-order chi connectivity index (χ0) is 22.0. The molecule has 2 N–H and O–H groups in total. The second-order valence-corrected chi connectivity index (χ2v) is 7.72. The molecule has 0 radical (unpaired) electrons. The van der Waals surface area contributed by atoms with Gasteiger partial charge in [-0.2, -0.15) is 0 Å². The predicted molar refractivity (Wildman–Crippen MR) is 115 cm³/mol. The molecule has 7 nitrogen and oxygen atoms in total. The Balaban J connectivity index is 1.42. The van der Waals surface area contributed by atoms with E-state index >= 15 is 0 Å². The van der Waals surface area contributed by atoms with Crippen molar-refractivity contribution in [2.45, 2.75) is 30.8 Å². The van der Waals surface area contributed by atoms with Crippen LogP contribution in [0.15, 0.2) is 61.2 Å². The summed E-state index contributed by atoms with van der Waals surface area (Å²) in [5.74, 6) is -1.57. The quantitative estimate of drug-likeness (QED) is 0.671. The van der Waals surface area contributed by atoms with Gasteiger partial charge >= 0.3 is 12.1 Å². The molecule has 1 fully saturated rings. The highest BCUT2D eigenvalue weighted by atomic mass is 16.5. The van der Waals surface area contributed by atoms with Gasteiger partial charge < -0.3 is 20.1 Å². The number of carbonyl (C=O) groups is 3. The lowest BCUT2D eigenvalue weighted by molar-refractivity contribution is -0.158. The van der Waals surface area contributed by atoms with Crippen LogP contribution in [0.2, 0.25) is 0 Å². The lowest BCUT2D eigenvalue weighted by atomic mass is 9.98. The first-order chi connectivity index (χ1) is 15.0. The van der Waals surface area contributed by atoms with E-state index in [0.717, 1.165) is 22.3 Å². The molecule has 1 aliphatic heterocycles. The number of nitrogens with one attached hydrogen (secondary N) is 1. The number of benzene rings is 2. The summed E-state index contributed by atoms with van der Waals surface area (Å²) in [5.41, 5.74) is 4.45. The lowest BCUT2D eigenvalue weighted by Crippen LogP contribution is -2.60. The molecule has 0 bridgehead atoms. The number of fused-ring (bicyclic) bond motifs is 3. The van der Waals surface area contributed by atoms with E-state index in [9.17, 15) is 19.5 Å². The Labute approximate surface area is 180 Å². The molecule has 2 aromatic rings. The molecule has 160 valence electrons. The summed E-state index contributed by atoms with van der Waals surface area (Å²) in [4.78, 5) is 37.7. The fourth-order valence-corrected chi connectivity index (χ4v) is 4.28. The minimum absolute atomic E-state index is 0.0847. The number of hydrogen-bond donors (Lipinski definition) is 2. The van der Waals surface area contributed by atoms with Crippen LogP contribution in [0.1, 0.15) is 29.9 Å². The number of aliphatic carboxylic acids is 1. The standard InChI is InChI=1S/C24H24N2O5/c1-2-7-20(22(27)26-13-12-21(26)23(28)29)25-24(30)31-14-19-17-10-5-3-8-15(17)16-9-4-6-11-18(16)19/h2-6,8-11,19-21H,1,7,12-14H2,(H,25,30)(H,28,29). The van der Waals surface area contributed by atoms with Gasteiger partial charge in [-0.1, -0.05) is 54.6 Å². The van der Waals surface area contributed by atoms with Gasteiger partial charge in [-0.3, -0.25) is 4.79 Å². The van der Waals surface area contributed by atoms with Gasteiger partial charge in [0.2, 0.25) is 5.91 Å². The molecule has 0 spiro atoms. The first kappa shape index (κ1) is 20.7. The number of likely N-dealkylation sites (tertiary alicyclic amines) is 1.